The number of nitrogens with one attached hydrogen (secondary N) is 1. The van der Waals surface area contributed by atoms with Crippen LogP contribution in [0.5, 0.6) is 0 Å². The van der Waals surface area contributed by atoms with Gasteiger partial charge in [0.15, 0.2) is 0 Å². The van der Waals surface area contributed by atoms with Crippen molar-refractivity contribution in [2.45, 2.75) is 13.5 Å². The van der Waals surface area contributed by atoms with E-state index in [2.05, 4.69) is 20.9 Å². The number of carbonyl (C=O) groups is 1. The quantitative estimate of drug-likeness (QED) is 0.487. The number of hydrogen-bond donors (Lipinski definition) is 2. The van der Waals surface area contributed by atoms with Gasteiger partial charge in [-0.3, -0.25) is 19.6 Å². The maximum absolute atomic E-state index is 11.9. The zero-order valence-electron chi connectivity index (χ0n) is 10.0. The Kier molecular flexibility index (Phi) is 3.82. The first-order chi connectivity index (χ1) is 9.02. The number of aryl methyl sites for hydroxylation is 1. The van der Waals surface area contributed by atoms with E-state index in [0.29, 0.717) is 21.5 Å². The van der Waals surface area contributed by atoms with Gasteiger partial charge in [0.05, 0.1) is 24.1 Å². The minimum Gasteiger partial charge on any atom is -0.467 e. The van der Waals surface area contributed by atoms with Gasteiger partial charge in [0.2, 0.25) is 0 Å². The molecule has 0 spiro atoms. The first-order valence-electron chi connectivity index (χ1n) is 5.33. The topological polar surface area (TPSA) is 103 Å². The second-order valence-electron chi connectivity index (χ2n) is 3.85. The first-order valence-corrected chi connectivity index (χ1v) is 6.12. The van der Waals surface area contributed by atoms with Crippen molar-refractivity contribution in [2.24, 2.45) is 5.84 Å². The smallest absolute Gasteiger partial charge is 0.268 e. The van der Waals surface area contributed by atoms with E-state index in [-0.39, 0.29) is 12.1 Å². The lowest BCUT2D eigenvalue weighted by Crippen LogP contribution is -2.29. The molecule has 2 aromatic rings. The molecule has 0 bridgehead atoms. The predicted octanol–water partition coefficient (Wildman–Crippen LogP) is 0.559. The summed E-state index contributed by atoms with van der Waals surface area (Å²) in [4.78, 5) is 27.3. The molecule has 0 aliphatic carbocycles. The number of nitrogens with two attached hydrogens (primary N) is 1. The number of nitrogen functional groups attached to an aromatic ring is 1. The zero-order chi connectivity index (χ0) is 14.0. The van der Waals surface area contributed by atoms with E-state index in [9.17, 15) is 9.59 Å². The molecule has 100 valence electrons. The van der Waals surface area contributed by atoms with Crippen LogP contribution in [-0.4, -0.2) is 15.5 Å². The van der Waals surface area contributed by atoms with Gasteiger partial charge in [0.25, 0.3) is 11.5 Å². The molecule has 0 aliphatic heterocycles. The maximum Gasteiger partial charge on any atom is 0.268 e. The summed E-state index contributed by atoms with van der Waals surface area (Å²) in [6.07, 6.45) is 2.70. The normalized spacial score (nSPS) is 10.5. The van der Waals surface area contributed by atoms with E-state index in [0.717, 1.165) is 0 Å². The van der Waals surface area contributed by atoms with Gasteiger partial charge in [-0.1, -0.05) is 0 Å². The number of amides is 1. The third kappa shape index (κ3) is 2.74. The highest BCUT2D eigenvalue weighted by molar-refractivity contribution is 9.10. The van der Waals surface area contributed by atoms with Gasteiger partial charge in [-0.25, -0.2) is 10.8 Å². The molecule has 0 radical (unpaired) electrons. The van der Waals surface area contributed by atoms with Crippen LogP contribution in [0, 0.1) is 6.92 Å². The van der Waals surface area contributed by atoms with Gasteiger partial charge < -0.3 is 4.42 Å². The molecule has 2 aromatic heterocycles. The highest BCUT2D eigenvalue weighted by Gasteiger charge is 2.11. The van der Waals surface area contributed by atoms with Crippen molar-refractivity contribution in [1.29, 1.82) is 0 Å². The van der Waals surface area contributed by atoms with Crippen molar-refractivity contribution in [3.05, 3.63) is 50.5 Å². The van der Waals surface area contributed by atoms with Crippen LogP contribution in [0.3, 0.4) is 0 Å². The summed E-state index contributed by atoms with van der Waals surface area (Å²) in [5.41, 5.74) is 2.70. The molecular weight excluding hydrogens is 316 g/mol. The molecule has 0 unspecified atom stereocenters. The Morgan fingerprint density at radius 1 is 1.63 bits per heavy atom. The lowest BCUT2D eigenvalue weighted by molar-refractivity contribution is 0.0953. The molecule has 1 amide bonds. The molecule has 0 aliphatic rings. The number of furan rings is 1. The average Bonchev–Trinajstić information content (AvgIpc) is 2.87. The molecule has 3 N–H and O–H groups in total. The van der Waals surface area contributed by atoms with Crippen molar-refractivity contribution in [3.8, 4) is 0 Å². The van der Waals surface area contributed by atoms with Gasteiger partial charge in [-0.05, 0) is 28.9 Å². The standard InChI is InChI=1S/C11H11BrN4O3/c1-6-9(12)11(18)16(5-14-6)3-8-2-7(4-19-8)10(17)15-13/h2,4-5H,3,13H2,1H3,(H,15,17). The molecule has 2 heterocycles. The minimum atomic E-state index is -0.453. The summed E-state index contributed by atoms with van der Waals surface area (Å²) in [7, 11) is 0. The zero-order valence-corrected chi connectivity index (χ0v) is 11.6. The van der Waals surface area contributed by atoms with Crippen LogP contribution in [0.4, 0.5) is 0 Å². The summed E-state index contributed by atoms with van der Waals surface area (Å²) in [5.74, 6) is 5.02. The number of halogens is 1. The third-order valence-corrected chi connectivity index (χ3v) is 3.44. The number of nitrogens with zero attached hydrogens (tertiary/aromatic N) is 2. The van der Waals surface area contributed by atoms with Crippen LogP contribution >= 0.6 is 15.9 Å². The van der Waals surface area contributed by atoms with Crippen molar-refractivity contribution in [2.75, 3.05) is 0 Å². The fraction of sp³-hybridized carbons (Fsp3) is 0.182. The molecule has 0 aromatic carbocycles. The fourth-order valence-electron chi connectivity index (χ4n) is 1.49. The largest absolute Gasteiger partial charge is 0.467 e. The van der Waals surface area contributed by atoms with E-state index in [1.54, 1.807) is 6.92 Å². The molecule has 0 saturated heterocycles. The summed E-state index contributed by atoms with van der Waals surface area (Å²) in [5, 5.41) is 0. The highest BCUT2D eigenvalue weighted by atomic mass is 79.9. The Bertz CT molecular complexity index is 677. The molecule has 19 heavy (non-hydrogen) atoms. The second kappa shape index (κ2) is 5.37. The van der Waals surface area contributed by atoms with Crippen LogP contribution in [0.2, 0.25) is 0 Å². The summed E-state index contributed by atoms with van der Waals surface area (Å²) < 4.78 is 6.98. The van der Waals surface area contributed by atoms with Crippen LogP contribution in [0.15, 0.2) is 32.3 Å². The molecule has 0 atom stereocenters. The van der Waals surface area contributed by atoms with Gasteiger partial charge >= 0.3 is 0 Å². The van der Waals surface area contributed by atoms with E-state index in [1.807, 2.05) is 5.43 Å². The number of hydrogen-bond acceptors (Lipinski definition) is 5. The third-order valence-electron chi connectivity index (χ3n) is 2.53. The van der Waals surface area contributed by atoms with Crippen LogP contribution < -0.4 is 16.8 Å². The number of aromatic nitrogens is 2. The number of hydrazine groups is 1. The number of rotatable bonds is 3. The van der Waals surface area contributed by atoms with Crippen LogP contribution in [-0.2, 0) is 6.54 Å². The summed E-state index contributed by atoms with van der Waals surface area (Å²) in [6, 6.07) is 1.52. The van der Waals surface area contributed by atoms with E-state index < -0.39 is 5.91 Å². The Labute approximate surface area is 116 Å². The van der Waals surface area contributed by atoms with Gasteiger partial charge in [-0.15, -0.1) is 0 Å². The predicted molar refractivity (Wildman–Crippen MR) is 70.4 cm³/mol. The van der Waals surface area contributed by atoms with E-state index in [1.165, 1.54) is 23.2 Å². The first kappa shape index (κ1) is 13.5. The van der Waals surface area contributed by atoms with Crippen LogP contribution in [0.1, 0.15) is 21.8 Å². The Morgan fingerprint density at radius 3 is 3.05 bits per heavy atom. The molecule has 0 saturated carbocycles. The van der Waals surface area contributed by atoms with Crippen molar-refractivity contribution < 1.29 is 9.21 Å². The van der Waals surface area contributed by atoms with Crippen LogP contribution in [0.25, 0.3) is 0 Å². The SMILES string of the molecule is Cc1ncn(Cc2cc(C(=O)NN)co2)c(=O)c1Br. The lowest BCUT2D eigenvalue weighted by atomic mass is 10.3. The van der Waals surface area contributed by atoms with E-state index in [4.69, 9.17) is 10.3 Å². The summed E-state index contributed by atoms with van der Waals surface area (Å²) in [6.45, 7) is 1.91. The van der Waals surface area contributed by atoms with Crippen molar-refractivity contribution in [3.63, 3.8) is 0 Å². The maximum atomic E-state index is 11.9. The second-order valence-corrected chi connectivity index (χ2v) is 4.65. The molecule has 0 fully saturated rings. The number of carbonyl (C=O) groups excluding carboxylic acids is 1. The van der Waals surface area contributed by atoms with Gasteiger partial charge in [0.1, 0.15) is 16.5 Å². The highest BCUT2D eigenvalue weighted by Crippen LogP contribution is 2.10. The molecule has 2 rings (SSSR count). The fourth-order valence-corrected chi connectivity index (χ4v) is 1.82. The van der Waals surface area contributed by atoms with Crippen molar-refractivity contribution in [1.82, 2.24) is 15.0 Å². The van der Waals surface area contributed by atoms with Crippen molar-refractivity contribution >= 4 is 21.8 Å². The van der Waals surface area contributed by atoms with Gasteiger partial charge in [0, 0.05) is 0 Å². The Balaban J connectivity index is 2.27. The Morgan fingerprint density at radius 2 is 2.37 bits per heavy atom. The molecule has 8 heteroatoms. The summed E-state index contributed by atoms with van der Waals surface area (Å²) >= 11 is 3.18. The molecule has 7 nitrogen and oxygen atoms in total. The lowest BCUT2D eigenvalue weighted by Gasteiger charge is -2.04. The van der Waals surface area contributed by atoms with Gasteiger partial charge in [-0.2, -0.15) is 0 Å². The monoisotopic (exact) mass is 326 g/mol. The minimum absolute atomic E-state index is 0.183. The molecular formula is C11H11BrN4O3. The Hall–Kier alpha value is -1.93. The van der Waals surface area contributed by atoms with E-state index >= 15 is 0 Å². The average molecular weight is 327 g/mol.